The van der Waals surface area contributed by atoms with Crippen LogP contribution in [0, 0.1) is 12.8 Å². The lowest BCUT2D eigenvalue weighted by molar-refractivity contribution is -0.133. The van der Waals surface area contributed by atoms with Gasteiger partial charge in [-0.2, -0.15) is 5.10 Å². The first kappa shape index (κ1) is 24.6. The van der Waals surface area contributed by atoms with Crippen molar-refractivity contribution in [2.45, 2.75) is 45.2 Å². The second-order valence-electron chi connectivity index (χ2n) is 9.20. The zero-order valence-electron chi connectivity index (χ0n) is 20.7. The van der Waals surface area contributed by atoms with E-state index >= 15 is 0 Å². The van der Waals surface area contributed by atoms with Crippen LogP contribution in [0.15, 0.2) is 59.3 Å². The molecule has 4 rings (SSSR count). The Bertz CT molecular complexity index is 1120. The molecule has 1 atom stereocenters. The summed E-state index contributed by atoms with van der Waals surface area (Å²) in [6, 6.07) is 13.3. The summed E-state index contributed by atoms with van der Waals surface area (Å²) in [4.78, 5) is 29.7. The maximum atomic E-state index is 13.1. The lowest BCUT2D eigenvalue weighted by Gasteiger charge is -2.40. The summed E-state index contributed by atoms with van der Waals surface area (Å²) >= 11 is 0. The number of likely N-dealkylation sites (N-methyl/N-ethyl adjacent to an activating group) is 1. The molecule has 2 amide bonds. The Morgan fingerprint density at radius 3 is 2.66 bits per heavy atom. The van der Waals surface area contributed by atoms with Gasteiger partial charge in [0.2, 0.25) is 5.91 Å². The molecular weight excluding hydrogens is 444 g/mol. The minimum absolute atomic E-state index is 0.0241. The van der Waals surface area contributed by atoms with Crippen LogP contribution < -0.4 is 4.74 Å². The molecule has 2 aromatic heterocycles. The monoisotopic (exact) mass is 478 g/mol. The van der Waals surface area contributed by atoms with Crippen LogP contribution in [0.4, 0.5) is 0 Å². The fourth-order valence-corrected chi connectivity index (χ4v) is 4.88. The third-order valence-electron chi connectivity index (χ3n) is 6.89. The van der Waals surface area contributed by atoms with Gasteiger partial charge >= 0.3 is 0 Å². The Kier molecular flexibility index (Phi) is 7.90. The van der Waals surface area contributed by atoms with E-state index in [1.165, 1.54) is 6.26 Å². The molecular formula is C27H34N4O4. The van der Waals surface area contributed by atoms with Gasteiger partial charge in [0.15, 0.2) is 5.76 Å². The third kappa shape index (κ3) is 6.12. The molecule has 0 bridgehead atoms. The van der Waals surface area contributed by atoms with Crippen LogP contribution in [0.5, 0.6) is 5.75 Å². The number of amides is 2. The number of furan rings is 1. The molecule has 1 saturated heterocycles. The topological polar surface area (TPSA) is 80.8 Å². The molecule has 0 aliphatic carbocycles. The highest BCUT2D eigenvalue weighted by Crippen LogP contribution is 2.28. The Morgan fingerprint density at radius 2 is 2.00 bits per heavy atom. The first-order valence-electron chi connectivity index (χ1n) is 12.2. The number of nitrogens with zero attached hydrogens (tertiary/aromatic N) is 4. The van der Waals surface area contributed by atoms with E-state index in [0.717, 1.165) is 29.8 Å². The molecule has 1 unspecified atom stereocenters. The third-order valence-corrected chi connectivity index (χ3v) is 6.89. The second-order valence-corrected chi connectivity index (χ2v) is 9.20. The number of hydrogen-bond acceptors (Lipinski definition) is 5. The van der Waals surface area contributed by atoms with E-state index in [4.69, 9.17) is 9.15 Å². The van der Waals surface area contributed by atoms with Gasteiger partial charge in [-0.3, -0.25) is 14.3 Å². The summed E-state index contributed by atoms with van der Waals surface area (Å²) in [6.07, 6.45) is 6.26. The number of carbonyl (C=O) groups is 2. The van der Waals surface area contributed by atoms with Gasteiger partial charge in [0.1, 0.15) is 5.75 Å². The van der Waals surface area contributed by atoms with E-state index in [2.05, 4.69) is 11.2 Å². The molecule has 35 heavy (non-hydrogen) atoms. The summed E-state index contributed by atoms with van der Waals surface area (Å²) in [7, 11) is 3.50. The summed E-state index contributed by atoms with van der Waals surface area (Å²) in [5, 5.41) is 4.36. The molecule has 1 aromatic carbocycles. The maximum absolute atomic E-state index is 13.1. The van der Waals surface area contributed by atoms with E-state index in [1.54, 1.807) is 24.1 Å². The van der Waals surface area contributed by atoms with Gasteiger partial charge in [-0.25, -0.2) is 0 Å². The van der Waals surface area contributed by atoms with Crippen molar-refractivity contribution in [2.24, 2.45) is 5.92 Å². The van der Waals surface area contributed by atoms with E-state index in [-0.39, 0.29) is 23.8 Å². The summed E-state index contributed by atoms with van der Waals surface area (Å²) in [6.45, 7) is 3.92. The van der Waals surface area contributed by atoms with Crippen molar-refractivity contribution in [3.05, 3.63) is 71.9 Å². The number of piperidine rings is 1. The predicted molar refractivity (Wildman–Crippen MR) is 132 cm³/mol. The largest absolute Gasteiger partial charge is 0.497 e. The molecule has 1 aliphatic rings. The van der Waals surface area contributed by atoms with Gasteiger partial charge in [-0.15, -0.1) is 0 Å². The molecule has 186 valence electrons. The zero-order chi connectivity index (χ0) is 24.8. The van der Waals surface area contributed by atoms with Crippen molar-refractivity contribution in [2.75, 3.05) is 27.2 Å². The summed E-state index contributed by atoms with van der Waals surface area (Å²) in [5.41, 5.74) is 2.06. The molecule has 0 saturated carbocycles. The maximum Gasteiger partial charge on any atom is 0.289 e. The first-order chi connectivity index (χ1) is 16.9. The van der Waals surface area contributed by atoms with Gasteiger partial charge in [-0.05, 0) is 68.0 Å². The average molecular weight is 479 g/mol. The number of ether oxygens (including phenoxy) is 1. The molecule has 0 radical (unpaired) electrons. The van der Waals surface area contributed by atoms with Crippen LogP contribution in [0.1, 0.15) is 41.1 Å². The molecule has 3 aromatic rings. The highest BCUT2D eigenvalue weighted by Gasteiger charge is 2.33. The lowest BCUT2D eigenvalue weighted by Crippen LogP contribution is -2.48. The van der Waals surface area contributed by atoms with Crippen LogP contribution in [0.2, 0.25) is 0 Å². The molecule has 0 N–H and O–H groups in total. The quantitative estimate of drug-likeness (QED) is 0.467. The summed E-state index contributed by atoms with van der Waals surface area (Å²) < 4.78 is 12.6. The van der Waals surface area contributed by atoms with Gasteiger partial charge in [0.25, 0.3) is 5.91 Å². The lowest BCUT2D eigenvalue weighted by atomic mass is 9.84. The molecule has 1 fully saturated rings. The van der Waals surface area contributed by atoms with Crippen LogP contribution >= 0.6 is 0 Å². The van der Waals surface area contributed by atoms with Crippen LogP contribution in [-0.4, -0.2) is 64.7 Å². The van der Waals surface area contributed by atoms with Crippen molar-refractivity contribution >= 4 is 11.8 Å². The molecule has 8 heteroatoms. The highest BCUT2D eigenvalue weighted by atomic mass is 16.5. The van der Waals surface area contributed by atoms with Crippen LogP contribution in [0.3, 0.4) is 0 Å². The minimum atomic E-state index is -0.129. The van der Waals surface area contributed by atoms with Crippen molar-refractivity contribution in [3.8, 4) is 5.75 Å². The van der Waals surface area contributed by atoms with E-state index in [9.17, 15) is 9.59 Å². The predicted octanol–water partition coefficient (Wildman–Crippen LogP) is 3.81. The van der Waals surface area contributed by atoms with E-state index in [0.29, 0.717) is 38.2 Å². The van der Waals surface area contributed by atoms with Crippen molar-refractivity contribution in [1.82, 2.24) is 19.6 Å². The highest BCUT2D eigenvalue weighted by molar-refractivity contribution is 5.91. The minimum Gasteiger partial charge on any atom is -0.497 e. The molecule has 3 heterocycles. The normalized spacial score (nSPS) is 15.1. The number of carbonyl (C=O) groups excluding carboxylic acids is 2. The smallest absolute Gasteiger partial charge is 0.289 e. The van der Waals surface area contributed by atoms with E-state index in [1.807, 2.05) is 54.0 Å². The van der Waals surface area contributed by atoms with Crippen molar-refractivity contribution in [3.63, 3.8) is 0 Å². The number of rotatable bonds is 9. The fourth-order valence-electron chi connectivity index (χ4n) is 4.88. The average Bonchev–Trinajstić information content (AvgIpc) is 3.57. The molecule has 0 spiro atoms. The number of methoxy groups -OCH3 is 1. The number of aromatic nitrogens is 2. The SMILES string of the molecule is COc1cccc(CC(C2CCN(C(=O)CCn3ccc(C)n3)CC2)N(C)C(=O)c2ccco2)c1. The fraction of sp³-hybridized carbons (Fsp3) is 0.444. The number of hydrogen-bond donors (Lipinski definition) is 0. The van der Waals surface area contributed by atoms with Crippen molar-refractivity contribution < 1.29 is 18.7 Å². The Hall–Kier alpha value is -3.55. The number of aryl methyl sites for hydroxylation is 2. The summed E-state index contributed by atoms with van der Waals surface area (Å²) in [5.74, 6) is 1.43. The molecule has 8 nitrogen and oxygen atoms in total. The standard InChI is InChI=1S/C27H34N4O4/c1-20-9-15-31(28-20)16-12-26(32)30-13-10-22(11-14-30)24(19-21-6-4-7-23(18-21)34-3)29(2)27(33)25-8-5-17-35-25/h4-9,15,17-18,22,24H,10-14,16,19H2,1-3H3. The Morgan fingerprint density at radius 1 is 1.20 bits per heavy atom. The van der Waals surface area contributed by atoms with Gasteiger partial charge in [-0.1, -0.05) is 12.1 Å². The zero-order valence-corrected chi connectivity index (χ0v) is 20.7. The van der Waals surface area contributed by atoms with Gasteiger partial charge in [0.05, 0.1) is 19.1 Å². The number of benzene rings is 1. The first-order valence-corrected chi connectivity index (χ1v) is 12.2. The van der Waals surface area contributed by atoms with Crippen LogP contribution in [0.25, 0.3) is 0 Å². The van der Waals surface area contributed by atoms with Crippen molar-refractivity contribution in [1.29, 1.82) is 0 Å². The second kappa shape index (κ2) is 11.3. The van der Waals surface area contributed by atoms with Gasteiger partial charge in [0, 0.05) is 45.3 Å². The van der Waals surface area contributed by atoms with Gasteiger partial charge < -0.3 is 19.0 Å². The van der Waals surface area contributed by atoms with Crippen LogP contribution in [-0.2, 0) is 17.8 Å². The number of likely N-dealkylation sites (tertiary alicyclic amines) is 1. The molecule has 1 aliphatic heterocycles. The Labute approximate surface area is 206 Å². The Balaban J connectivity index is 1.42. The van der Waals surface area contributed by atoms with E-state index < -0.39 is 0 Å².